The number of hydrogen-bond donors (Lipinski definition) is 3. The van der Waals surface area contributed by atoms with Gasteiger partial charge in [-0.25, -0.2) is 13.4 Å². The number of aromatic nitrogens is 1. The smallest absolute Gasteiger partial charge is 0.257 e. The number of carbonyl (C=O) groups is 2. The molecule has 0 bridgehead atoms. The van der Waals surface area contributed by atoms with Crippen molar-refractivity contribution in [2.75, 3.05) is 5.32 Å². The summed E-state index contributed by atoms with van der Waals surface area (Å²) in [4.78, 5) is 30.4. The molecule has 0 atom stereocenters. The number of benzene rings is 3. The van der Waals surface area contributed by atoms with Crippen molar-refractivity contribution in [1.29, 1.82) is 0 Å². The van der Waals surface area contributed by atoms with E-state index in [1.54, 1.807) is 42.6 Å². The van der Waals surface area contributed by atoms with Gasteiger partial charge in [0, 0.05) is 22.2 Å². The summed E-state index contributed by atoms with van der Waals surface area (Å²) in [5.74, 6) is -0.806. The van der Waals surface area contributed by atoms with Crippen LogP contribution in [-0.2, 0) is 16.4 Å². The molecule has 170 valence electrons. The largest absolute Gasteiger partial charge is 0.508 e. The molecule has 3 aromatic carbocycles. The molecular formula is C24H17N3O5S2. The van der Waals surface area contributed by atoms with Gasteiger partial charge in [0.05, 0.1) is 27.6 Å². The predicted octanol–water partition coefficient (Wildman–Crippen LogP) is 3.84. The molecule has 5 rings (SSSR count). The summed E-state index contributed by atoms with van der Waals surface area (Å²) >= 11 is 1.40. The Bertz CT molecular complexity index is 1540. The first kappa shape index (κ1) is 21.8. The van der Waals surface area contributed by atoms with E-state index in [4.69, 9.17) is 0 Å². The molecule has 0 aliphatic carbocycles. The molecule has 1 aromatic heterocycles. The maximum Gasteiger partial charge on any atom is 0.257 e. The van der Waals surface area contributed by atoms with Gasteiger partial charge in [0.25, 0.3) is 11.8 Å². The van der Waals surface area contributed by atoms with Gasteiger partial charge in [-0.1, -0.05) is 12.1 Å². The predicted molar refractivity (Wildman–Crippen MR) is 127 cm³/mol. The van der Waals surface area contributed by atoms with Crippen LogP contribution in [0.1, 0.15) is 25.6 Å². The van der Waals surface area contributed by atoms with Crippen molar-refractivity contribution in [3.05, 3.63) is 88.9 Å². The van der Waals surface area contributed by atoms with E-state index in [0.717, 1.165) is 15.4 Å². The fourth-order valence-corrected chi connectivity index (χ4v) is 6.05. The van der Waals surface area contributed by atoms with Crippen LogP contribution >= 0.6 is 11.3 Å². The van der Waals surface area contributed by atoms with Crippen LogP contribution in [-0.4, -0.2) is 30.3 Å². The average Bonchev–Trinajstić information content (AvgIpc) is 3.29. The molecule has 0 fully saturated rings. The number of anilines is 1. The van der Waals surface area contributed by atoms with E-state index in [1.807, 2.05) is 0 Å². The molecule has 1 aliphatic heterocycles. The highest BCUT2D eigenvalue weighted by Crippen LogP contribution is 2.34. The summed E-state index contributed by atoms with van der Waals surface area (Å²) in [7, 11) is -3.93. The van der Waals surface area contributed by atoms with Gasteiger partial charge < -0.3 is 15.7 Å². The summed E-state index contributed by atoms with van der Waals surface area (Å²) in [6, 6.07) is 16.8. The lowest BCUT2D eigenvalue weighted by atomic mass is 10.1. The molecule has 10 heteroatoms. The Morgan fingerprint density at radius 2 is 1.79 bits per heavy atom. The van der Waals surface area contributed by atoms with E-state index < -0.39 is 21.7 Å². The Morgan fingerprint density at radius 1 is 1.03 bits per heavy atom. The number of aromatic hydroxyl groups is 1. The van der Waals surface area contributed by atoms with Gasteiger partial charge in [-0.3, -0.25) is 9.59 Å². The molecule has 0 spiro atoms. The van der Waals surface area contributed by atoms with Crippen LogP contribution in [0, 0.1) is 0 Å². The second-order valence-corrected chi connectivity index (χ2v) is 10.5. The Morgan fingerprint density at radius 3 is 2.59 bits per heavy atom. The Balaban J connectivity index is 1.35. The van der Waals surface area contributed by atoms with E-state index in [0.29, 0.717) is 0 Å². The second kappa shape index (κ2) is 8.40. The molecule has 0 radical (unpaired) electrons. The molecule has 1 aliphatic rings. The molecule has 0 unspecified atom stereocenters. The molecule has 2 amide bonds. The molecule has 34 heavy (non-hydrogen) atoms. The van der Waals surface area contributed by atoms with Gasteiger partial charge in [-0.05, 0) is 54.6 Å². The second-order valence-electron chi connectivity index (χ2n) is 7.53. The normalized spacial score (nSPS) is 13.8. The molecule has 3 N–H and O–H groups in total. The van der Waals surface area contributed by atoms with Gasteiger partial charge in [0.15, 0.2) is 0 Å². The summed E-state index contributed by atoms with van der Waals surface area (Å²) in [6.45, 7) is 0.224. The van der Waals surface area contributed by atoms with E-state index in [2.05, 4.69) is 15.6 Å². The fourth-order valence-electron chi connectivity index (χ4n) is 3.60. The minimum absolute atomic E-state index is 0.0549. The van der Waals surface area contributed by atoms with Crippen molar-refractivity contribution in [3.8, 4) is 16.3 Å². The van der Waals surface area contributed by atoms with Crippen molar-refractivity contribution < 1.29 is 23.1 Å². The highest BCUT2D eigenvalue weighted by atomic mass is 32.2. The van der Waals surface area contributed by atoms with Crippen molar-refractivity contribution in [2.45, 2.75) is 16.3 Å². The Hall–Kier alpha value is -4.02. The topological polar surface area (TPSA) is 125 Å². The Labute approximate surface area is 198 Å². The van der Waals surface area contributed by atoms with Gasteiger partial charge >= 0.3 is 0 Å². The maximum atomic E-state index is 13.1. The third kappa shape index (κ3) is 3.93. The maximum absolute atomic E-state index is 13.1. The zero-order chi connectivity index (χ0) is 23.9. The number of amides is 2. The first-order chi connectivity index (χ1) is 16.3. The first-order valence-electron chi connectivity index (χ1n) is 10.1. The van der Waals surface area contributed by atoms with Crippen molar-refractivity contribution in [1.82, 2.24) is 10.3 Å². The number of rotatable bonds is 4. The van der Waals surface area contributed by atoms with Crippen LogP contribution in [0.5, 0.6) is 5.75 Å². The van der Waals surface area contributed by atoms with Gasteiger partial charge in [-0.2, -0.15) is 0 Å². The van der Waals surface area contributed by atoms with Gasteiger partial charge in [-0.15, -0.1) is 11.3 Å². The minimum atomic E-state index is -3.93. The SMILES string of the molecule is O=C(NCc1cnc(-c2ccc(O)cc2)s1)c1ccc2c(c1)NC(=O)c1ccccc1S2(=O)=O. The highest BCUT2D eigenvalue weighted by molar-refractivity contribution is 7.91. The number of hydrogen-bond acceptors (Lipinski definition) is 7. The van der Waals surface area contributed by atoms with E-state index in [1.165, 1.54) is 41.7 Å². The highest BCUT2D eigenvalue weighted by Gasteiger charge is 2.31. The molecule has 0 saturated heterocycles. The third-order valence-electron chi connectivity index (χ3n) is 5.29. The zero-order valence-electron chi connectivity index (χ0n) is 17.5. The number of sulfone groups is 1. The lowest BCUT2D eigenvalue weighted by Crippen LogP contribution is -2.22. The van der Waals surface area contributed by atoms with Crippen LogP contribution < -0.4 is 10.6 Å². The molecule has 8 nitrogen and oxygen atoms in total. The summed E-state index contributed by atoms with van der Waals surface area (Å²) < 4.78 is 26.2. The van der Waals surface area contributed by atoms with Crippen LogP contribution in [0.15, 0.2) is 82.7 Å². The van der Waals surface area contributed by atoms with Gasteiger partial charge in [0.2, 0.25) is 9.84 Å². The number of fused-ring (bicyclic) bond motifs is 2. The van der Waals surface area contributed by atoms with Crippen molar-refractivity contribution in [2.24, 2.45) is 0 Å². The summed E-state index contributed by atoms with van der Waals surface area (Å²) in [5, 5.41) is 15.6. The molecule has 0 saturated carbocycles. The van der Waals surface area contributed by atoms with E-state index in [9.17, 15) is 23.1 Å². The van der Waals surface area contributed by atoms with Crippen molar-refractivity contribution in [3.63, 3.8) is 0 Å². The monoisotopic (exact) mass is 491 g/mol. The van der Waals surface area contributed by atoms with Gasteiger partial charge in [0.1, 0.15) is 10.8 Å². The number of carbonyl (C=O) groups excluding carboxylic acids is 2. The molecular weight excluding hydrogens is 474 g/mol. The lowest BCUT2D eigenvalue weighted by Gasteiger charge is -2.10. The quantitative estimate of drug-likeness (QED) is 0.398. The summed E-state index contributed by atoms with van der Waals surface area (Å²) in [6.07, 6.45) is 1.66. The van der Waals surface area contributed by atoms with Crippen LogP contribution in [0.3, 0.4) is 0 Å². The molecule has 4 aromatic rings. The minimum Gasteiger partial charge on any atom is -0.508 e. The zero-order valence-corrected chi connectivity index (χ0v) is 19.1. The lowest BCUT2D eigenvalue weighted by molar-refractivity contribution is 0.0949. The number of nitrogens with zero attached hydrogens (tertiary/aromatic N) is 1. The van der Waals surface area contributed by atoms with E-state index in [-0.39, 0.29) is 38.9 Å². The number of phenols is 1. The Kier molecular flexibility index (Phi) is 5.39. The fraction of sp³-hybridized carbons (Fsp3) is 0.0417. The van der Waals surface area contributed by atoms with Crippen LogP contribution in [0.4, 0.5) is 5.69 Å². The number of phenolic OH excluding ortho intramolecular Hbond substituents is 1. The standard InChI is InChI=1S/C24H17N3O5S2/c28-16-8-5-14(6-9-16)24-26-13-17(33-24)12-25-22(29)15-7-10-21-19(11-15)27-23(30)18-3-1-2-4-20(18)34(21,31)32/h1-11,13,28H,12H2,(H,25,29)(H,27,30). The number of nitrogens with one attached hydrogen (secondary N) is 2. The van der Waals surface area contributed by atoms with Crippen LogP contribution in [0.2, 0.25) is 0 Å². The first-order valence-corrected chi connectivity index (χ1v) is 12.4. The van der Waals surface area contributed by atoms with Crippen molar-refractivity contribution >= 4 is 38.7 Å². The third-order valence-corrected chi connectivity index (χ3v) is 8.21. The van der Waals surface area contributed by atoms with Crippen LogP contribution in [0.25, 0.3) is 10.6 Å². The number of thiazole rings is 1. The molecule has 2 heterocycles. The average molecular weight is 492 g/mol. The van der Waals surface area contributed by atoms with E-state index >= 15 is 0 Å². The summed E-state index contributed by atoms with van der Waals surface area (Å²) in [5.41, 5.74) is 1.17.